The molecule has 0 saturated heterocycles. The zero-order chi connectivity index (χ0) is 25.2. The Morgan fingerprint density at radius 3 is 2.37 bits per heavy atom. The van der Waals surface area contributed by atoms with Crippen LogP contribution in [0.2, 0.25) is 0 Å². The second-order valence-electron chi connectivity index (χ2n) is 8.83. The van der Waals surface area contributed by atoms with Crippen LogP contribution < -0.4 is 5.32 Å². The first-order valence-corrected chi connectivity index (χ1v) is 11.4. The van der Waals surface area contributed by atoms with E-state index in [1.54, 1.807) is 16.8 Å². The fourth-order valence-electron chi connectivity index (χ4n) is 4.64. The normalized spacial score (nSPS) is 18.5. The summed E-state index contributed by atoms with van der Waals surface area (Å²) in [6, 6.07) is 6.36. The Bertz CT molecular complexity index is 1210. The van der Waals surface area contributed by atoms with Gasteiger partial charge in [0, 0.05) is 23.8 Å². The molecule has 0 bridgehead atoms. The van der Waals surface area contributed by atoms with Crippen molar-refractivity contribution >= 4 is 22.9 Å². The average Bonchev–Trinajstić information content (AvgIpc) is 3.19. The van der Waals surface area contributed by atoms with Gasteiger partial charge in [0.2, 0.25) is 0 Å². The standard InChI is InChI=1S/C25H25F4N3O3/c26-10-12-32-14-20(23(33)31-19-7-3-16(4-8-19)24(34)35)21-17(9-11-30-22(21)32)13-15-1-5-18(6-2-15)25(27,28)29/h1-2,5-6,9,11,14,16,19H,3-4,7-8,10,12-13H2,(H,31,33)(H,34,35). The molecule has 1 aliphatic carbocycles. The monoisotopic (exact) mass is 491 g/mol. The predicted octanol–water partition coefficient (Wildman–Crippen LogP) is 4.99. The molecule has 1 aromatic carbocycles. The second kappa shape index (κ2) is 10.1. The van der Waals surface area contributed by atoms with Crippen LogP contribution in [0.25, 0.3) is 11.0 Å². The van der Waals surface area contributed by atoms with Crippen molar-refractivity contribution in [2.24, 2.45) is 5.92 Å². The van der Waals surface area contributed by atoms with E-state index in [9.17, 15) is 32.3 Å². The summed E-state index contributed by atoms with van der Waals surface area (Å²) in [4.78, 5) is 28.7. The van der Waals surface area contributed by atoms with E-state index in [4.69, 9.17) is 0 Å². The molecule has 2 N–H and O–H groups in total. The molecule has 0 aliphatic heterocycles. The molecule has 1 aliphatic rings. The molecule has 1 saturated carbocycles. The Kier molecular flexibility index (Phi) is 7.09. The highest BCUT2D eigenvalue weighted by Gasteiger charge is 2.30. The number of hydrogen-bond acceptors (Lipinski definition) is 3. The number of carboxylic acid groups (broad SMARTS) is 1. The minimum Gasteiger partial charge on any atom is -0.481 e. The largest absolute Gasteiger partial charge is 0.481 e. The lowest BCUT2D eigenvalue weighted by molar-refractivity contribution is -0.143. The molecule has 1 amide bonds. The van der Waals surface area contributed by atoms with Gasteiger partial charge in [0.05, 0.1) is 23.6 Å². The summed E-state index contributed by atoms with van der Waals surface area (Å²) in [7, 11) is 0. The number of aryl methyl sites for hydroxylation is 1. The summed E-state index contributed by atoms with van der Waals surface area (Å²) in [6.45, 7) is -0.654. The third kappa shape index (κ3) is 5.47. The van der Waals surface area contributed by atoms with Gasteiger partial charge in [-0.2, -0.15) is 13.2 Å². The summed E-state index contributed by atoms with van der Waals surface area (Å²) in [5.41, 5.74) is 1.30. The van der Waals surface area contributed by atoms with Crippen molar-refractivity contribution in [1.29, 1.82) is 0 Å². The van der Waals surface area contributed by atoms with Gasteiger partial charge < -0.3 is 15.0 Å². The molecule has 2 aromatic heterocycles. The van der Waals surface area contributed by atoms with Gasteiger partial charge >= 0.3 is 12.1 Å². The zero-order valence-corrected chi connectivity index (χ0v) is 18.8. The van der Waals surface area contributed by atoms with Gasteiger partial charge in [-0.05, 0) is 61.4 Å². The Labute approximate surface area is 199 Å². The average molecular weight is 491 g/mol. The van der Waals surface area contributed by atoms with Crippen LogP contribution in [0.3, 0.4) is 0 Å². The molecule has 2 heterocycles. The fourth-order valence-corrected chi connectivity index (χ4v) is 4.64. The van der Waals surface area contributed by atoms with Crippen LogP contribution in [0, 0.1) is 5.92 Å². The summed E-state index contributed by atoms with van der Waals surface area (Å²) < 4.78 is 53.5. The molecule has 186 valence electrons. The van der Waals surface area contributed by atoms with Crippen LogP contribution in [0.4, 0.5) is 17.6 Å². The first kappa shape index (κ1) is 24.7. The summed E-state index contributed by atoms with van der Waals surface area (Å²) in [5.74, 6) is -1.61. The summed E-state index contributed by atoms with van der Waals surface area (Å²) in [5, 5.41) is 12.7. The van der Waals surface area contributed by atoms with Crippen LogP contribution >= 0.6 is 0 Å². The topological polar surface area (TPSA) is 84.2 Å². The summed E-state index contributed by atoms with van der Waals surface area (Å²) >= 11 is 0. The van der Waals surface area contributed by atoms with E-state index in [0.29, 0.717) is 53.4 Å². The summed E-state index contributed by atoms with van der Waals surface area (Å²) in [6.07, 6.45) is 0.957. The molecular weight excluding hydrogens is 466 g/mol. The number of hydrogen-bond donors (Lipinski definition) is 2. The first-order chi connectivity index (χ1) is 16.7. The third-order valence-electron chi connectivity index (χ3n) is 6.50. The lowest BCUT2D eigenvalue weighted by Gasteiger charge is -2.26. The van der Waals surface area contributed by atoms with Crippen molar-refractivity contribution in [3.8, 4) is 0 Å². The Morgan fingerprint density at radius 1 is 1.09 bits per heavy atom. The number of amides is 1. The number of aliphatic carboxylic acids is 1. The van der Waals surface area contributed by atoms with E-state index < -0.39 is 30.3 Å². The number of benzene rings is 1. The van der Waals surface area contributed by atoms with Crippen molar-refractivity contribution in [2.45, 2.75) is 50.9 Å². The number of pyridine rings is 1. The lowest BCUT2D eigenvalue weighted by atomic mass is 9.86. The van der Waals surface area contributed by atoms with Crippen LogP contribution in [0.15, 0.2) is 42.7 Å². The Hall–Kier alpha value is -3.43. The van der Waals surface area contributed by atoms with Crippen molar-refractivity contribution in [1.82, 2.24) is 14.9 Å². The van der Waals surface area contributed by atoms with Crippen LogP contribution in [-0.2, 0) is 23.9 Å². The highest BCUT2D eigenvalue weighted by molar-refractivity contribution is 6.07. The smallest absolute Gasteiger partial charge is 0.416 e. The molecule has 0 radical (unpaired) electrons. The van der Waals surface area contributed by atoms with E-state index in [0.717, 1.165) is 12.1 Å². The van der Waals surface area contributed by atoms with Gasteiger partial charge in [0.15, 0.2) is 0 Å². The van der Waals surface area contributed by atoms with Crippen LogP contribution in [-0.4, -0.2) is 39.3 Å². The molecule has 0 unspecified atom stereocenters. The number of nitrogens with zero attached hydrogens (tertiary/aromatic N) is 2. The molecule has 4 rings (SSSR count). The quantitative estimate of drug-likeness (QED) is 0.456. The number of carbonyl (C=O) groups is 2. The molecule has 1 fully saturated rings. The van der Waals surface area contributed by atoms with Crippen molar-refractivity contribution in [3.05, 3.63) is 65.0 Å². The van der Waals surface area contributed by atoms with Gasteiger partial charge in [0.25, 0.3) is 5.91 Å². The van der Waals surface area contributed by atoms with E-state index >= 15 is 0 Å². The van der Waals surface area contributed by atoms with Gasteiger partial charge in [-0.3, -0.25) is 9.59 Å². The SMILES string of the molecule is O=C(NC1CCC(C(=O)O)CC1)c1cn(CCF)c2nccc(Cc3ccc(C(F)(F)F)cc3)c12. The zero-order valence-electron chi connectivity index (χ0n) is 18.8. The number of fused-ring (bicyclic) bond motifs is 1. The highest BCUT2D eigenvalue weighted by atomic mass is 19.4. The van der Waals surface area contributed by atoms with Crippen LogP contribution in [0.1, 0.15) is 52.7 Å². The van der Waals surface area contributed by atoms with Crippen molar-refractivity contribution < 1.29 is 32.3 Å². The minimum atomic E-state index is -4.43. The molecule has 10 heteroatoms. The number of aromatic nitrogens is 2. The maximum Gasteiger partial charge on any atom is 0.416 e. The number of nitrogens with one attached hydrogen (secondary N) is 1. The van der Waals surface area contributed by atoms with Gasteiger partial charge in [-0.1, -0.05) is 12.1 Å². The van der Waals surface area contributed by atoms with Gasteiger partial charge in [-0.15, -0.1) is 0 Å². The van der Waals surface area contributed by atoms with Gasteiger partial charge in [0.1, 0.15) is 12.3 Å². The fraction of sp³-hybridized carbons (Fsp3) is 0.400. The van der Waals surface area contributed by atoms with Crippen molar-refractivity contribution in [2.75, 3.05) is 6.67 Å². The van der Waals surface area contributed by atoms with Gasteiger partial charge in [-0.25, -0.2) is 9.37 Å². The van der Waals surface area contributed by atoms with Crippen molar-refractivity contribution in [3.63, 3.8) is 0 Å². The molecule has 6 nitrogen and oxygen atoms in total. The maximum absolute atomic E-state index is 13.2. The van der Waals surface area contributed by atoms with E-state index in [-0.39, 0.29) is 24.9 Å². The second-order valence-corrected chi connectivity index (χ2v) is 8.83. The lowest BCUT2D eigenvalue weighted by Crippen LogP contribution is -2.38. The molecule has 0 spiro atoms. The third-order valence-corrected chi connectivity index (χ3v) is 6.50. The number of carbonyl (C=O) groups excluding carboxylic acids is 1. The predicted molar refractivity (Wildman–Crippen MR) is 121 cm³/mol. The number of halogens is 4. The molecule has 0 atom stereocenters. The molecule has 3 aromatic rings. The van der Waals surface area contributed by atoms with Crippen LogP contribution in [0.5, 0.6) is 0 Å². The van der Waals surface area contributed by atoms with E-state index in [2.05, 4.69) is 10.3 Å². The Morgan fingerprint density at radius 2 is 1.77 bits per heavy atom. The van der Waals surface area contributed by atoms with E-state index in [1.807, 2.05) is 0 Å². The number of rotatable bonds is 7. The highest BCUT2D eigenvalue weighted by Crippen LogP contribution is 2.31. The minimum absolute atomic E-state index is 0.00420. The Balaban J connectivity index is 1.62. The first-order valence-electron chi connectivity index (χ1n) is 11.4. The molecular formula is C25H25F4N3O3. The number of alkyl halides is 4. The van der Waals surface area contributed by atoms with E-state index in [1.165, 1.54) is 18.3 Å². The maximum atomic E-state index is 13.2. The number of carboxylic acids is 1. The molecule has 35 heavy (non-hydrogen) atoms.